The van der Waals surface area contributed by atoms with E-state index in [9.17, 15) is 4.57 Å². The standard InChI is InChI=1S/C4H7Cl2O3P/c1-8-10(7,9-2)4(6)3-5/h3H,1-2H3/b4-3-. The molecule has 60 valence electrons. The minimum Gasteiger partial charge on any atom is -0.308 e. The highest BCUT2D eigenvalue weighted by molar-refractivity contribution is 7.61. The lowest BCUT2D eigenvalue weighted by atomic mass is 11.2. The van der Waals surface area contributed by atoms with Crippen LogP contribution >= 0.6 is 30.8 Å². The molecule has 0 heterocycles. The molecule has 0 aromatic heterocycles. The Bertz CT molecular complexity index is 171. The van der Waals surface area contributed by atoms with Gasteiger partial charge in [-0.1, -0.05) is 23.2 Å². The van der Waals surface area contributed by atoms with Crippen molar-refractivity contribution < 1.29 is 13.6 Å². The van der Waals surface area contributed by atoms with Crippen LogP contribution in [0.5, 0.6) is 0 Å². The van der Waals surface area contributed by atoms with Crippen molar-refractivity contribution in [2.45, 2.75) is 0 Å². The Morgan fingerprint density at radius 2 is 1.90 bits per heavy atom. The van der Waals surface area contributed by atoms with Crippen LogP contribution in [0.1, 0.15) is 0 Å². The predicted molar refractivity (Wildman–Crippen MR) is 41.4 cm³/mol. The molecule has 0 atom stereocenters. The topological polar surface area (TPSA) is 35.5 Å². The van der Waals surface area contributed by atoms with Gasteiger partial charge in [0.25, 0.3) is 0 Å². The Hall–Kier alpha value is 0.470. The fraction of sp³-hybridized carbons (Fsp3) is 0.500. The van der Waals surface area contributed by atoms with Crippen LogP contribution in [0.2, 0.25) is 0 Å². The third kappa shape index (κ3) is 2.26. The lowest BCUT2D eigenvalue weighted by molar-refractivity contribution is 0.285. The van der Waals surface area contributed by atoms with Crippen LogP contribution in [0.4, 0.5) is 0 Å². The average Bonchev–Trinajstić information content (AvgIpc) is 2.01. The molecule has 10 heavy (non-hydrogen) atoms. The van der Waals surface area contributed by atoms with Crippen molar-refractivity contribution in [3.8, 4) is 0 Å². The van der Waals surface area contributed by atoms with Gasteiger partial charge in [0.05, 0.1) is 0 Å². The van der Waals surface area contributed by atoms with Crippen LogP contribution in [-0.2, 0) is 13.6 Å². The van der Waals surface area contributed by atoms with Crippen LogP contribution in [0, 0.1) is 0 Å². The first kappa shape index (κ1) is 10.5. The molecule has 0 aliphatic heterocycles. The first-order valence-electron chi connectivity index (χ1n) is 2.28. The van der Waals surface area contributed by atoms with Gasteiger partial charge < -0.3 is 9.05 Å². The maximum atomic E-state index is 11.2. The number of hydrogen-bond acceptors (Lipinski definition) is 3. The lowest BCUT2D eigenvalue weighted by Gasteiger charge is -2.10. The lowest BCUT2D eigenvalue weighted by Crippen LogP contribution is -1.86. The van der Waals surface area contributed by atoms with Gasteiger partial charge in [-0.15, -0.1) is 0 Å². The Labute approximate surface area is 69.4 Å². The van der Waals surface area contributed by atoms with E-state index in [4.69, 9.17) is 23.2 Å². The molecule has 0 bridgehead atoms. The van der Waals surface area contributed by atoms with Crippen LogP contribution in [0.15, 0.2) is 10.3 Å². The number of rotatable bonds is 3. The third-order valence-electron chi connectivity index (χ3n) is 0.832. The zero-order valence-electron chi connectivity index (χ0n) is 5.51. The average molecular weight is 205 g/mol. The van der Waals surface area contributed by atoms with Crippen molar-refractivity contribution in [1.29, 1.82) is 0 Å². The molecule has 0 spiro atoms. The summed E-state index contributed by atoms with van der Waals surface area (Å²) in [6, 6.07) is 0. The quantitative estimate of drug-likeness (QED) is 0.664. The van der Waals surface area contributed by atoms with Gasteiger partial charge in [0.2, 0.25) is 0 Å². The van der Waals surface area contributed by atoms with E-state index in [2.05, 4.69) is 9.05 Å². The van der Waals surface area contributed by atoms with E-state index in [1.54, 1.807) is 0 Å². The summed E-state index contributed by atoms with van der Waals surface area (Å²) in [5.74, 6) is 0. The number of halogens is 2. The fourth-order valence-electron chi connectivity index (χ4n) is 0.309. The second kappa shape index (κ2) is 4.37. The molecule has 3 nitrogen and oxygen atoms in total. The highest BCUT2D eigenvalue weighted by Gasteiger charge is 2.25. The van der Waals surface area contributed by atoms with Crippen molar-refractivity contribution >= 4 is 30.8 Å². The van der Waals surface area contributed by atoms with Gasteiger partial charge in [0.1, 0.15) is 4.77 Å². The summed E-state index contributed by atoms with van der Waals surface area (Å²) < 4.78 is 20.0. The van der Waals surface area contributed by atoms with Crippen LogP contribution in [0.3, 0.4) is 0 Å². The Balaban J connectivity index is 4.50. The van der Waals surface area contributed by atoms with E-state index in [-0.39, 0.29) is 4.77 Å². The SMILES string of the molecule is COP(=O)(OC)/C(Cl)=C\Cl. The molecule has 0 saturated heterocycles. The molecule has 0 fully saturated rings. The van der Waals surface area contributed by atoms with Crippen molar-refractivity contribution in [1.82, 2.24) is 0 Å². The summed E-state index contributed by atoms with van der Waals surface area (Å²) in [5, 5.41) is 0. The van der Waals surface area contributed by atoms with Crippen molar-refractivity contribution in [3.05, 3.63) is 10.3 Å². The largest absolute Gasteiger partial charge is 0.372 e. The van der Waals surface area contributed by atoms with Gasteiger partial charge in [-0.2, -0.15) is 0 Å². The molecule has 0 aliphatic rings. The van der Waals surface area contributed by atoms with Gasteiger partial charge >= 0.3 is 7.60 Å². The predicted octanol–water partition coefficient (Wildman–Crippen LogP) is 2.75. The first-order valence-corrected chi connectivity index (χ1v) is 4.64. The van der Waals surface area contributed by atoms with E-state index in [1.807, 2.05) is 0 Å². The van der Waals surface area contributed by atoms with Crippen LogP contribution in [-0.4, -0.2) is 14.2 Å². The fourth-order valence-corrected chi connectivity index (χ4v) is 1.70. The Morgan fingerprint density at radius 1 is 1.50 bits per heavy atom. The van der Waals surface area contributed by atoms with E-state index in [1.165, 1.54) is 14.2 Å². The smallest absolute Gasteiger partial charge is 0.308 e. The summed E-state index contributed by atoms with van der Waals surface area (Å²) in [7, 11) is -0.819. The second-order valence-corrected chi connectivity index (χ2v) is 4.39. The first-order chi connectivity index (χ1) is 4.60. The Morgan fingerprint density at radius 3 is 2.00 bits per heavy atom. The molecule has 6 heteroatoms. The van der Waals surface area contributed by atoms with Crippen LogP contribution < -0.4 is 0 Å². The molecule has 0 aromatic carbocycles. The summed E-state index contributed by atoms with van der Waals surface area (Å²) in [5.41, 5.74) is 0.954. The summed E-state index contributed by atoms with van der Waals surface area (Å²) in [6.45, 7) is 0. The van der Waals surface area contributed by atoms with Gasteiger partial charge in [0, 0.05) is 19.8 Å². The minimum atomic E-state index is -3.28. The van der Waals surface area contributed by atoms with E-state index in [0.29, 0.717) is 0 Å². The molecule has 0 saturated carbocycles. The molecule has 0 aliphatic carbocycles. The minimum absolute atomic E-state index is 0.126. The van der Waals surface area contributed by atoms with E-state index < -0.39 is 7.60 Å². The summed E-state index contributed by atoms with van der Waals surface area (Å²) in [6.07, 6.45) is 0. The van der Waals surface area contributed by atoms with Gasteiger partial charge in [-0.3, -0.25) is 4.57 Å². The normalized spacial score (nSPS) is 13.8. The monoisotopic (exact) mass is 204 g/mol. The van der Waals surface area contributed by atoms with Crippen molar-refractivity contribution in [2.24, 2.45) is 0 Å². The zero-order valence-corrected chi connectivity index (χ0v) is 7.91. The zero-order chi connectivity index (χ0) is 8.20. The van der Waals surface area contributed by atoms with E-state index in [0.717, 1.165) is 5.54 Å². The van der Waals surface area contributed by atoms with Gasteiger partial charge in [-0.25, -0.2) is 0 Å². The highest BCUT2D eigenvalue weighted by Crippen LogP contribution is 2.56. The maximum Gasteiger partial charge on any atom is 0.372 e. The molecule has 0 N–H and O–H groups in total. The van der Waals surface area contributed by atoms with Gasteiger partial charge in [-0.05, 0) is 0 Å². The third-order valence-corrected chi connectivity index (χ3v) is 3.66. The summed E-state index contributed by atoms with van der Waals surface area (Å²) >= 11 is 10.6. The van der Waals surface area contributed by atoms with Crippen LogP contribution in [0.25, 0.3) is 0 Å². The van der Waals surface area contributed by atoms with E-state index >= 15 is 0 Å². The Kier molecular flexibility index (Phi) is 4.57. The molecular formula is C4H7Cl2O3P. The molecule has 0 unspecified atom stereocenters. The van der Waals surface area contributed by atoms with Crippen molar-refractivity contribution in [2.75, 3.05) is 14.2 Å². The molecule has 0 rings (SSSR count). The van der Waals surface area contributed by atoms with Gasteiger partial charge in [0.15, 0.2) is 0 Å². The molecule has 0 amide bonds. The second-order valence-electron chi connectivity index (χ2n) is 1.29. The maximum absolute atomic E-state index is 11.2. The van der Waals surface area contributed by atoms with Crippen molar-refractivity contribution in [3.63, 3.8) is 0 Å². The molecular weight excluding hydrogens is 198 g/mol. The molecule has 0 radical (unpaired) electrons. The highest BCUT2D eigenvalue weighted by atomic mass is 35.5. The summed E-state index contributed by atoms with van der Waals surface area (Å²) in [4.78, 5) is 0. The molecule has 0 aromatic rings. The number of hydrogen-bond donors (Lipinski definition) is 0.